The van der Waals surface area contributed by atoms with Gasteiger partial charge in [-0.1, -0.05) is 18.2 Å². The number of hydrogen-bond acceptors (Lipinski definition) is 11. The largest absolute Gasteiger partial charge is 0.493 e. The topological polar surface area (TPSA) is 131 Å². The number of para-hydroxylation sites is 2. The number of rotatable bonds is 11. The number of benzene rings is 2. The van der Waals surface area contributed by atoms with Crippen molar-refractivity contribution >= 4 is 15.8 Å². The molecule has 0 bridgehead atoms. The molecule has 44 heavy (non-hydrogen) atoms. The highest BCUT2D eigenvalue weighted by Crippen LogP contribution is 2.45. The van der Waals surface area contributed by atoms with Crippen LogP contribution < -0.4 is 28.0 Å². The van der Waals surface area contributed by atoms with Crippen LogP contribution >= 0.6 is 0 Å². The van der Waals surface area contributed by atoms with Gasteiger partial charge >= 0.3 is 0 Å². The summed E-state index contributed by atoms with van der Waals surface area (Å²) in [5.74, 6) is 2.02. The molecule has 6 rings (SSSR count). The Morgan fingerprint density at radius 3 is 2.52 bits per heavy atom. The lowest BCUT2D eigenvalue weighted by Crippen LogP contribution is -2.38. The average molecular weight is 621 g/mol. The molecule has 0 amide bonds. The molecule has 2 aromatic carbocycles. The average Bonchev–Trinajstić information content (AvgIpc) is 3.73. The van der Waals surface area contributed by atoms with Crippen LogP contribution in [-0.4, -0.2) is 62.6 Å². The number of pyridine rings is 1. The summed E-state index contributed by atoms with van der Waals surface area (Å²) in [5, 5.41) is -0.151. The smallest absolute Gasteiger partial charge is 0.283 e. The molecule has 0 aliphatic carbocycles. The maximum atomic E-state index is 14.2. The predicted molar refractivity (Wildman–Crippen MR) is 160 cm³/mol. The fourth-order valence-corrected chi connectivity index (χ4v) is 6.47. The van der Waals surface area contributed by atoms with Crippen molar-refractivity contribution in [1.82, 2.24) is 15.0 Å². The van der Waals surface area contributed by atoms with Gasteiger partial charge in [0.1, 0.15) is 6.61 Å². The number of ether oxygens (including phenoxy) is 6. The number of anilines is 1. The van der Waals surface area contributed by atoms with Gasteiger partial charge in [0.2, 0.25) is 12.5 Å². The van der Waals surface area contributed by atoms with Crippen molar-refractivity contribution in [2.24, 2.45) is 0 Å². The van der Waals surface area contributed by atoms with E-state index < -0.39 is 16.1 Å². The molecule has 2 aromatic heterocycles. The number of sulfonamides is 1. The molecule has 0 saturated carbocycles. The van der Waals surface area contributed by atoms with Gasteiger partial charge in [0.25, 0.3) is 15.9 Å². The zero-order valence-corrected chi connectivity index (χ0v) is 25.3. The molecule has 0 N–H and O–H groups in total. The highest BCUT2D eigenvalue weighted by atomic mass is 32.2. The van der Waals surface area contributed by atoms with Gasteiger partial charge < -0.3 is 28.4 Å². The van der Waals surface area contributed by atoms with Crippen molar-refractivity contribution in [3.63, 3.8) is 0 Å². The molecule has 1 saturated heterocycles. The molecule has 1 unspecified atom stereocenters. The first-order chi connectivity index (χ1) is 21.3. The third kappa shape index (κ3) is 5.92. The van der Waals surface area contributed by atoms with E-state index in [0.29, 0.717) is 35.2 Å². The summed E-state index contributed by atoms with van der Waals surface area (Å²) in [4.78, 5) is 13.7. The van der Waals surface area contributed by atoms with Crippen molar-refractivity contribution in [3.8, 4) is 46.0 Å². The minimum Gasteiger partial charge on any atom is -0.493 e. The van der Waals surface area contributed by atoms with Gasteiger partial charge in [0, 0.05) is 24.4 Å². The SMILES string of the molecule is COc1ccccc1Oc1c(OCC2CCCO2)nc(-c2ccc3c(c2)OCO3)nc1N(C(C)C)S(=O)(=O)c1ccccn1. The first-order valence-corrected chi connectivity index (χ1v) is 15.6. The molecule has 1 fully saturated rings. The zero-order valence-electron chi connectivity index (χ0n) is 24.5. The minimum atomic E-state index is -4.24. The van der Waals surface area contributed by atoms with Crippen LogP contribution in [0.3, 0.4) is 0 Å². The van der Waals surface area contributed by atoms with Crippen molar-refractivity contribution in [2.45, 2.75) is 43.9 Å². The highest BCUT2D eigenvalue weighted by Gasteiger charge is 2.36. The van der Waals surface area contributed by atoms with E-state index in [0.717, 1.165) is 17.1 Å². The number of methoxy groups -OCH3 is 1. The second kappa shape index (κ2) is 12.5. The van der Waals surface area contributed by atoms with Crippen LogP contribution in [0, 0.1) is 0 Å². The van der Waals surface area contributed by atoms with E-state index in [1.54, 1.807) is 68.4 Å². The Labute approximate surface area is 255 Å². The summed E-state index contributed by atoms with van der Waals surface area (Å²) in [6, 6.07) is 16.3. The van der Waals surface area contributed by atoms with Crippen LogP contribution in [0.2, 0.25) is 0 Å². The van der Waals surface area contributed by atoms with Gasteiger partial charge in [-0.3, -0.25) is 0 Å². The molecule has 4 aromatic rings. The van der Waals surface area contributed by atoms with E-state index in [-0.39, 0.29) is 47.8 Å². The van der Waals surface area contributed by atoms with Crippen LogP contribution in [-0.2, 0) is 14.8 Å². The standard InChI is InChI=1S/C31H32N4O8S/c1-20(2)35(44(36,37)27-12-6-7-15-32-27)30-28(43-25-11-5-4-10-23(25)38-3)31(40-18-22-9-8-16-39-22)34-29(33-30)21-13-14-24-26(17-21)42-19-41-24/h4-7,10-15,17,20,22H,8-9,16,18-19H2,1-3H3. The van der Waals surface area contributed by atoms with Crippen LogP contribution in [0.15, 0.2) is 71.9 Å². The zero-order chi connectivity index (χ0) is 30.7. The first kappa shape index (κ1) is 29.5. The van der Waals surface area contributed by atoms with Gasteiger partial charge in [-0.15, -0.1) is 0 Å². The summed E-state index contributed by atoms with van der Waals surface area (Å²) >= 11 is 0. The molecule has 4 heterocycles. The molecule has 1 atom stereocenters. The van der Waals surface area contributed by atoms with Gasteiger partial charge in [0.15, 0.2) is 39.7 Å². The molecule has 0 radical (unpaired) electrons. The first-order valence-electron chi connectivity index (χ1n) is 14.2. The third-order valence-electron chi connectivity index (χ3n) is 7.00. The van der Waals surface area contributed by atoms with E-state index in [4.69, 9.17) is 38.4 Å². The van der Waals surface area contributed by atoms with Crippen LogP contribution in [0.1, 0.15) is 26.7 Å². The molecular formula is C31H32N4O8S. The van der Waals surface area contributed by atoms with Crippen molar-refractivity contribution in [1.29, 1.82) is 0 Å². The number of fused-ring (bicyclic) bond motifs is 1. The molecule has 13 heteroatoms. The normalized spacial score (nSPS) is 15.8. The summed E-state index contributed by atoms with van der Waals surface area (Å²) in [6.07, 6.45) is 3.01. The Hall–Kier alpha value is -4.62. The summed E-state index contributed by atoms with van der Waals surface area (Å²) in [7, 11) is -2.73. The van der Waals surface area contributed by atoms with Gasteiger partial charge in [-0.05, 0) is 69.2 Å². The minimum absolute atomic E-state index is 0.00908. The Morgan fingerprint density at radius 1 is 1.00 bits per heavy atom. The molecule has 12 nitrogen and oxygen atoms in total. The van der Waals surface area contributed by atoms with E-state index in [2.05, 4.69) is 4.98 Å². The molecule has 2 aliphatic heterocycles. The van der Waals surface area contributed by atoms with Crippen molar-refractivity contribution in [2.75, 3.05) is 31.4 Å². The second-order valence-corrected chi connectivity index (χ2v) is 12.1. The van der Waals surface area contributed by atoms with E-state index in [1.165, 1.54) is 19.4 Å². The molecule has 0 spiro atoms. The lowest BCUT2D eigenvalue weighted by Gasteiger charge is -2.29. The number of nitrogens with zero attached hydrogens (tertiary/aromatic N) is 4. The van der Waals surface area contributed by atoms with E-state index in [9.17, 15) is 8.42 Å². The summed E-state index contributed by atoms with van der Waals surface area (Å²) in [6.45, 7) is 4.38. The maximum absolute atomic E-state index is 14.2. The van der Waals surface area contributed by atoms with Crippen LogP contribution in [0.5, 0.6) is 34.6 Å². The quantitative estimate of drug-likeness (QED) is 0.218. The lowest BCUT2D eigenvalue weighted by atomic mass is 10.2. The Morgan fingerprint density at radius 2 is 1.80 bits per heavy atom. The summed E-state index contributed by atoms with van der Waals surface area (Å²) < 4.78 is 64.6. The predicted octanol–water partition coefficient (Wildman–Crippen LogP) is 5.23. The van der Waals surface area contributed by atoms with Crippen LogP contribution in [0.4, 0.5) is 5.82 Å². The Bertz CT molecular complexity index is 1730. The fourth-order valence-electron chi connectivity index (χ4n) is 4.92. The van der Waals surface area contributed by atoms with Gasteiger partial charge in [-0.2, -0.15) is 13.4 Å². The number of aromatic nitrogens is 3. The molecule has 2 aliphatic rings. The van der Waals surface area contributed by atoms with E-state index >= 15 is 0 Å². The second-order valence-electron chi connectivity index (χ2n) is 10.3. The highest BCUT2D eigenvalue weighted by molar-refractivity contribution is 7.92. The lowest BCUT2D eigenvalue weighted by molar-refractivity contribution is 0.0654. The third-order valence-corrected chi connectivity index (χ3v) is 8.88. The van der Waals surface area contributed by atoms with Gasteiger partial charge in [-0.25, -0.2) is 14.3 Å². The van der Waals surface area contributed by atoms with Crippen molar-refractivity contribution in [3.05, 3.63) is 66.9 Å². The fraction of sp³-hybridized carbons (Fsp3) is 0.323. The van der Waals surface area contributed by atoms with Crippen LogP contribution in [0.25, 0.3) is 11.4 Å². The van der Waals surface area contributed by atoms with Crippen molar-refractivity contribution < 1.29 is 36.8 Å². The number of hydrogen-bond donors (Lipinski definition) is 0. The Kier molecular flexibility index (Phi) is 8.40. The summed E-state index contributed by atoms with van der Waals surface area (Å²) in [5.41, 5.74) is 0.556. The molecule has 230 valence electrons. The molecular weight excluding hydrogens is 588 g/mol. The maximum Gasteiger partial charge on any atom is 0.283 e. The Balaban J connectivity index is 1.57. The van der Waals surface area contributed by atoms with E-state index in [1.807, 2.05) is 0 Å². The monoisotopic (exact) mass is 620 g/mol. The van der Waals surface area contributed by atoms with Gasteiger partial charge in [0.05, 0.1) is 13.2 Å².